The minimum absolute atomic E-state index is 1.08. The zero-order valence-corrected chi connectivity index (χ0v) is 35.7. The van der Waals surface area contributed by atoms with Gasteiger partial charge < -0.3 is 14.0 Å². The van der Waals surface area contributed by atoms with Gasteiger partial charge in [0.2, 0.25) is 0 Å². The molecule has 3 heteroatoms. The van der Waals surface area contributed by atoms with Gasteiger partial charge in [-0.1, -0.05) is 158 Å². The SMILES string of the molecule is C=Cc1ccc(-c2ccc(N(c3ccc(-c4ccc5c(c4)c4ccccc4n5-c4ccccc4)cc3)c3ccc(-c4ccc5c(c4)c4ccccc4n5-c4ccccc4)cc3)cc2)cc1. The van der Waals surface area contributed by atoms with Crippen molar-refractivity contribution in [1.29, 1.82) is 0 Å². The Morgan fingerprint density at radius 2 is 0.615 bits per heavy atom. The van der Waals surface area contributed by atoms with E-state index in [1.54, 1.807) is 0 Å². The van der Waals surface area contributed by atoms with Crippen LogP contribution in [0.1, 0.15) is 5.56 Å². The van der Waals surface area contributed by atoms with E-state index in [4.69, 9.17) is 0 Å². The highest BCUT2D eigenvalue weighted by atomic mass is 15.1. The first-order valence-electron chi connectivity index (χ1n) is 22.2. The van der Waals surface area contributed by atoms with Crippen LogP contribution in [0.25, 0.3) is 94.4 Å². The summed E-state index contributed by atoms with van der Waals surface area (Å²) >= 11 is 0. The van der Waals surface area contributed by atoms with Gasteiger partial charge in [-0.15, -0.1) is 0 Å². The Balaban J connectivity index is 0.919. The molecule has 0 aliphatic carbocycles. The monoisotopic (exact) mass is 829 g/mol. The van der Waals surface area contributed by atoms with Crippen LogP contribution in [0.4, 0.5) is 17.1 Å². The topological polar surface area (TPSA) is 13.1 Å². The third kappa shape index (κ3) is 6.70. The molecule has 3 nitrogen and oxygen atoms in total. The second-order valence-corrected chi connectivity index (χ2v) is 16.6. The lowest BCUT2D eigenvalue weighted by Crippen LogP contribution is -2.09. The summed E-state index contributed by atoms with van der Waals surface area (Å²) in [6, 6.07) is 87.9. The van der Waals surface area contributed by atoms with E-state index < -0.39 is 0 Å². The normalized spacial score (nSPS) is 11.4. The maximum absolute atomic E-state index is 3.93. The zero-order chi connectivity index (χ0) is 43.3. The summed E-state index contributed by atoms with van der Waals surface area (Å²) in [7, 11) is 0. The van der Waals surface area contributed by atoms with E-state index in [2.05, 4.69) is 263 Å². The third-order valence-electron chi connectivity index (χ3n) is 12.9. The lowest BCUT2D eigenvalue weighted by Gasteiger charge is -2.26. The molecule has 0 saturated carbocycles. The summed E-state index contributed by atoms with van der Waals surface area (Å²) in [5.74, 6) is 0. The molecular formula is C62H43N3. The van der Waals surface area contributed by atoms with Gasteiger partial charge in [-0.05, 0) is 136 Å². The fourth-order valence-electron chi connectivity index (χ4n) is 9.68. The predicted octanol–water partition coefficient (Wildman–Crippen LogP) is 17.0. The second-order valence-electron chi connectivity index (χ2n) is 16.6. The van der Waals surface area contributed by atoms with Crippen molar-refractivity contribution in [3.63, 3.8) is 0 Å². The van der Waals surface area contributed by atoms with E-state index in [9.17, 15) is 0 Å². The molecule has 10 aromatic carbocycles. The van der Waals surface area contributed by atoms with Crippen LogP contribution in [0.15, 0.2) is 249 Å². The van der Waals surface area contributed by atoms with Crippen LogP contribution in [0.2, 0.25) is 0 Å². The van der Waals surface area contributed by atoms with Crippen molar-refractivity contribution < 1.29 is 0 Å². The molecule has 306 valence electrons. The number of hydrogen-bond acceptors (Lipinski definition) is 1. The van der Waals surface area contributed by atoms with Crippen LogP contribution in [0, 0.1) is 0 Å². The van der Waals surface area contributed by atoms with Crippen molar-refractivity contribution in [1.82, 2.24) is 9.13 Å². The smallest absolute Gasteiger partial charge is 0.0541 e. The van der Waals surface area contributed by atoms with Gasteiger partial charge in [0, 0.05) is 50.0 Å². The van der Waals surface area contributed by atoms with E-state index in [1.165, 1.54) is 77.0 Å². The Labute approximate surface area is 378 Å². The number of nitrogens with zero attached hydrogens (tertiary/aromatic N) is 3. The number of rotatable bonds is 9. The van der Waals surface area contributed by atoms with Crippen LogP contribution in [-0.4, -0.2) is 9.13 Å². The quantitative estimate of drug-likeness (QED) is 0.141. The fourth-order valence-corrected chi connectivity index (χ4v) is 9.68. The highest BCUT2D eigenvalue weighted by Gasteiger charge is 2.17. The minimum Gasteiger partial charge on any atom is -0.311 e. The van der Waals surface area contributed by atoms with Gasteiger partial charge in [0.05, 0.1) is 22.1 Å². The molecule has 65 heavy (non-hydrogen) atoms. The van der Waals surface area contributed by atoms with Gasteiger partial charge in [-0.3, -0.25) is 0 Å². The van der Waals surface area contributed by atoms with Gasteiger partial charge in [0.15, 0.2) is 0 Å². The van der Waals surface area contributed by atoms with Crippen LogP contribution in [0.5, 0.6) is 0 Å². The van der Waals surface area contributed by atoms with Crippen molar-refractivity contribution in [2.45, 2.75) is 0 Å². The van der Waals surface area contributed by atoms with Gasteiger partial charge in [-0.2, -0.15) is 0 Å². The molecule has 12 rings (SSSR count). The zero-order valence-electron chi connectivity index (χ0n) is 35.7. The molecule has 0 bridgehead atoms. The van der Waals surface area contributed by atoms with Crippen LogP contribution in [-0.2, 0) is 0 Å². The highest BCUT2D eigenvalue weighted by molar-refractivity contribution is 6.11. The van der Waals surface area contributed by atoms with Crippen LogP contribution < -0.4 is 4.90 Å². The second kappa shape index (κ2) is 15.9. The Kier molecular flexibility index (Phi) is 9.31. The Hall–Kier alpha value is -8.66. The largest absolute Gasteiger partial charge is 0.311 e. The predicted molar refractivity (Wildman–Crippen MR) is 276 cm³/mol. The molecule has 2 aromatic heterocycles. The molecule has 0 saturated heterocycles. The van der Waals surface area contributed by atoms with Gasteiger partial charge >= 0.3 is 0 Å². The lowest BCUT2D eigenvalue weighted by atomic mass is 10.0. The summed E-state index contributed by atoms with van der Waals surface area (Å²) in [6.45, 7) is 3.93. The number of anilines is 3. The fraction of sp³-hybridized carbons (Fsp3) is 0. The summed E-state index contributed by atoms with van der Waals surface area (Å²) in [5, 5.41) is 4.98. The summed E-state index contributed by atoms with van der Waals surface area (Å²) in [6.07, 6.45) is 1.88. The molecule has 12 aromatic rings. The van der Waals surface area contributed by atoms with Crippen molar-refractivity contribution in [3.05, 3.63) is 255 Å². The molecule has 0 fully saturated rings. The highest BCUT2D eigenvalue weighted by Crippen LogP contribution is 2.41. The standard InChI is InChI=1S/C62H43N3/c1-2-43-21-23-44(24-22-43)45-25-33-52(34-26-45)63(53-35-27-46(28-36-53)48-31-39-61-57(41-48)55-17-9-11-19-59(55)64(61)50-13-5-3-6-14-50)54-37-29-47(30-38-54)49-32-40-62-58(42-49)56-18-10-12-20-60(56)65(62)51-15-7-4-8-16-51/h2-42H,1H2. The first kappa shape index (κ1) is 38.0. The van der Waals surface area contributed by atoms with Crippen molar-refractivity contribution in [2.75, 3.05) is 4.90 Å². The van der Waals surface area contributed by atoms with E-state index >= 15 is 0 Å². The van der Waals surface area contributed by atoms with Crippen molar-refractivity contribution in [2.24, 2.45) is 0 Å². The van der Waals surface area contributed by atoms with Crippen molar-refractivity contribution in [3.8, 4) is 44.8 Å². The van der Waals surface area contributed by atoms with Crippen molar-refractivity contribution >= 4 is 66.7 Å². The Morgan fingerprint density at radius 1 is 0.292 bits per heavy atom. The van der Waals surface area contributed by atoms with Crippen LogP contribution >= 0.6 is 0 Å². The lowest BCUT2D eigenvalue weighted by molar-refractivity contribution is 1.18. The first-order chi connectivity index (χ1) is 32.2. The number of aromatic nitrogens is 2. The molecule has 0 aliphatic heterocycles. The number of hydrogen-bond donors (Lipinski definition) is 0. The Morgan fingerprint density at radius 3 is 1.02 bits per heavy atom. The molecule has 0 atom stereocenters. The molecule has 0 unspecified atom stereocenters. The number of fused-ring (bicyclic) bond motifs is 6. The molecule has 0 spiro atoms. The molecular weight excluding hydrogens is 787 g/mol. The van der Waals surface area contributed by atoms with Crippen LogP contribution in [0.3, 0.4) is 0 Å². The number of para-hydroxylation sites is 4. The summed E-state index contributed by atoms with van der Waals surface area (Å²) in [4.78, 5) is 2.35. The molecule has 0 amide bonds. The minimum atomic E-state index is 1.08. The summed E-state index contributed by atoms with van der Waals surface area (Å²) in [5.41, 5.74) is 18.6. The van der Waals surface area contributed by atoms with E-state index in [-0.39, 0.29) is 0 Å². The average molecular weight is 830 g/mol. The van der Waals surface area contributed by atoms with E-state index in [0.29, 0.717) is 0 Å². The third-order valence-corrected chi connectivity index (χ3v) is 12.9. The Bertz CT molecular complexity index is 3470. The molecule has 0 N–H and O–H groups in total. The van der Waals surface area contributed by atoms with Gasteiger partial charge in [0.1, 0.15) is 0 Å². The summed E-state index contributed by atoms with van der Waals surface area (Å²) < 4.78 is 4.73. The van der Waals surface area contributed by atoms with E-state index in [1.807, 2.05) is 6.08 Å². The van der Waals surface area contributed by atoms with E-state index in [0.717, 1.165) is 34.0 Å². The average Bonchev–Trinajstić information content (AvgIpc) is 3.90. The molecule has 2 heterocycles. The maximum atomic E-state index is 3.93. The first-order valence-corrected chi connectivity index (χ1v) is 22.2. The van der Waals surface area contributed by atoms with Gasteiger partial charge in [0.25, 0.3) is 0 Å². The molecule has 0 radical (unpaired) electrons. The maximum Gasteiger partial charge on any atom is 0.0541 e. The molecule has 0 aliphatic rings. The van der Waals surface area contributed by atoms with Gasteiger partial charge in [-0.25, -0.2) is 0 Å². The number of benzene rings is 10.